The van der Waals surface area contributed by atoms with Crippen LogP contribution in [0.3, 0.4) is 0 Å². The van der Waals surface area contributed by atoms with Crippen molar-refractivity contribution in [2.75, 3.05) is 13.6 Å². The molecule has 0 atom stereocenters. The predicted octanol–water partition coefficient (Wildman–Crippen LogP) is 3.92. The summed E-state index contributed by atoms with van der Waals surface area (Å²) in [5, 5.41) is 0. The van der Waals surface area contributed by atoms with Crippen molar-refractivity contribution in [2.45, 2.75) is 37.5 Å². The number of hydrogen-bond donors (Lipinski definition) is 0. The number of halogens is 2. The third kappa shape index (κ3) is 3.94. The first-order valence-corrected chi connectivity index (χ1v) is 8.92. The highest BCUT2D eigenvalue weighted by Crippen LogP contribution is 2.28. The summed E-state index contributed by atoms with van der Waals surface area (Å²) in [6, 6.07) is 3.51. The summed E-state index contributed by atoms with van der Waals surface area (Å²) in [5.41, 5.74) is 1.51. The maximum atomic E-state index is 12.5. The van der Waals surface area contributed by atoms with Crippen LogP contribution in [0.1, 0.15) is 30.9 Å². The van der Waals surface area contributed by atoms with Crippen molar-refractivity contribution in [1.82, 2.24) is 4.31 Å². The molecule has 0 radical (unpaired) electrons. The molecule has 0 bridgehead atoms. The lowest BCUT2D eigenvalue weighted by Gasteiger charge is -2.19. The SMILES string of the molecule is CCCCN(C)S(=O)(=O)c1cc(CCl)cc(Br)c1C. The number of rotatable bonds is 6. The van der Waals surface area contributed by atoms with Crippen LogP contribution in [0, 0.1) is 6.92 Å². The van der Waals surface area contributed by atoms with Crippen molar-refractivity contribution < 1.29 is 8.42 Å². The van der Waals surface area contributed by atoms with Crippen LogP contribution < -0.4 is 0 Å². The molecule has 6 heteroatoms. The lowest BCUT2D eigenvalue weighted by Crippen LogP contribution is -2.28. The fraction of sp³-hybridized carbons (Fsp3) is 0.538. The Balaban J connectivity index is 3.24. The molecule has 1 rings (SSSR count). The molecular weight excluding hydrogens is 350 g/mol. The first kappa shape index (κ1) is 17.0. The molecule has 0 saturated carbocycles. The van der Waals surface area contributed by atoms with Gasteiger partial charge in [-0.15, -0.1) is 11.6 Å². The van der Waals surface area contributed by atoms with Gasteiger partial charge < -0.3 is 0 Å². The van der Waals surface area contributed by atoms with Crippen molar-refractivity contribution >= 4 is 37.6 Å². The zero-order valence-corrected chi connectivity index (χ0v) is 14.6. The molecule has 3 nitrogen and oxygen atoms in total. The molecule has 0 heterocycles. The number of alkyl halides is 1. The Bertz CT molecular complexity index is 546. The van der Waals surface area contributed by atoms with Crippen molar-refractivity contribution in [3.63, 3.8) is 0 Å². The van der Waals surface area contributed by atoms with Crippen LogP contribution in [0.2, 0.25) is 0 Å². The average Bonchev–Trinajstić information content (AvgIpc) is 2.38. The predicted molar refractivity (Wildman–Crippen MR) is 83.2 cm³/mol. The maximum absolute atomic E-state index is 12.5. The number of benzene rings is 1. The Labute approximate surface area is 129 Å². The van der Waals surface area contributed by atoms with E-state index in [1.807, 2.05) is 13.0 Å². The molecular formula is C13H19BrClNO2S. The van der Waals surface area contributed by atoms with Crippen LogP contribution in [-0.4, -0.2) is 26.3 Å². The van der Waals surface area contributed by atoms with Gasteiger partial charge in [0.1, 0.15) is 0 Å². The van der Waals surface area contributed by atoms with E-state index in [1.165, 1.54) is 4.31 Å². The van der Waals surface area contributed by atoms with Gasteiger partial charge in [-0.3, -0.25) is 0 Å². The Hall–Kier alpha value is -0.100. The van der Waals surface area contributed by atoms with Crippen LogP contribution in [-0.2, 0) is 15.9 Å². The van der Waals surface area contributed by atoms with Crippen molar-refractivity contribution in [1.29, 1.82) is 0 Å². The summed E-state index contributed by atoms with van der Waals surface area (Å²) in [6.07, 6.45) is 1.81. The number of unbranched alkanes of at least 4 members (excludes halogenated alkanes) is 1. The van der Waals surface area contributed by atoms with Gasteiger partial charge in [0.05, 0.1) is 4.90 Å². The van der Waals surface area contributed by atoms with E-state index in [0.717, 1.165) is 28.4 Å². The molecule has 108 valence electrons. The number of nitrogens with zero attached hydrogens (tertiary/aromatic N) is 1. The highest BCUT2D eigenvalue weighted by molar-refractivity contribution is 9.10. The van der Waals surface area contributed by atoms with Crippen LogP contribution in [0.5, 0.6) is 0 Å². The Morgan fingerprint density at radius 3 is 2.53 bits per heavy atom. The zero-order chi connectivity index (χ0) is 14.6. The third-order valence-corrected chi connectivity index (χ3v) is 6.14. The second-order valence-electron chi connectivity index (χ2n) is 4.51. The van der Waals surface area contributed by atoms with Gasteiger partial charge in [-0.05, 0) is 36.6 Å². The fourth-order valence-corrected chi connectivity index (χ4v) is 4.02. The minimum Gasteiger partial charge on any atom is -0.207 e. The Morgan fingerprint density at radius 2 is 2.00 bits per heavy atom. The molecule has 0 spiro atoms. The van der Waals surface area contributed by atoms with E-state index in [4.69, 9.17) is 11.6 Å². The fourth-order valence-electron chi connectivity index (χ4n) is 1.72. The van der Waals surface area contributed by atoms with Gasteiger partial charge >= 0.3 is 0 Å². The van der Waals surface area contributed by atoms with Gasteiger partial charge in [0.25, 0.3) is 0 Å². The summed E-state index contributed by atoms with van der Waals surface area (Å²) in [6.45, 7) is 4.36. The summed E-state index contributed by atoms with van der Waals surface area (Å²) in [4.78, 5) is 0.330. The summed E-state index contributed by atoms with van der Waals surface area (Å²) in [5.74, 6) is 0.292. The number of hydrogen-bond acceptors (Lipinski definition) is 2. The lowest BCUT2D eigenvalue weighted by atomic mass is 10.2. The molecule has 1 aromatic carbocycles. The topological polar surface area (TPSA) is 37.4 Å². The quantitative estimate of drug-likeness (QED) is 0.714. The summed E-state index contributed by atoms with van der Waals surface area (Å²) < 4.78 is 27.3. The molecule has 1 aromatic rings. The molecule has 0 saturated heterocycles. The van der Waals surface area contributed by atoms with Crippen molar-refractivity contribution in [2.24, 2.45) is 0 Å². The molecule has 0 N–H and O–H groups in total. The van der Waals surface area contributed by atoms with Gasteiger partial charge in [0.2, 0.25) is 10.0 Å². The third-order valence-electron chi connectivity index (χ3n) is 3.03. The Kier molecular flexibility index (Phi) is 6.30. The van der Waals surface area contributed by atoms with Crippen LogP contribution >= 0.6 is 27.5 Å². The monoisotopic (exact) mass is 367 g/mol. The van der Waals surface area contributed by atoms with E-state index in [1.54, 1.807) is 20.0 Å². The second-order valence-corrected chi connectivity index (χ2v) is 7.65. The smallest absolute Gasteiger partial charge is 0.207 e. The van der Waals surface area contributed by atoms with Gasteiger partial charge in [-0.2, -0.15) is 0 Å². The van der Waals surface area contributed by atoms with Crippen molar-refractivity contribution in [3.05, 3.63) is 27.7 Å². The van der Waals surface area contributed by atoms with Gasteiger partial charge in [-0.1, -0.05) is 29.3 Å². The first-order valence-electron chi connectivity index (χ1n) is 6.16. The minimum atomic E-state index is -3.45. The lowest BCUT2D eigenvalue weighted by molar-refractivity contribution is 0.459. The minimum absolute atomic E-state index is 0.292. The molecule has 0 amide bonds. The first-order chi connectivity index (χ1) is 8.84. The largest absolute Gasteiger partial charge is 0.243 e. The summed E-state index contributed by atoms with van der Waals surface area (Å²) >= 11 is 9.20. The van der Waals surface area contributed by atoms with Crippen LogP contribution in [0.4, 0.5) is 0 Å². The normalized spacial score (nSPS) is 12.1. The summed E-state index contributed by atoms with van der Waals surface area (Å²) in [7, 11) is -1.84. The molecule has 0 aliphatic rings. The van der Waals surface area contributed by atoms with Crippen LogP contribution in [0.15, 0.2) is 21.5 Å². The molecule has 0 aliphatic heterocycles. The Morgan fingerprint density at radius 1 is 1.37 bits per heavy atom. The zero-order valence-electron chi connectivity index (χ0n) is 11.4. The molecule has 0 aromatic heterocycles. The second kappa shape index (κ2) is 7.07. The van der Waals surface area contributed by atoms with Gasteiger partial charge in [-0.25, -0.2) is 12.7 Å². The standard InChI is InChI=1S/C13H19BrClNO2S/c1-4-5-6-16(3)19(17,18)13-8-11(9-15)7-12(14)10(13)2/h7-8H,4-6,9H2,1-3H3. The van der Waals surface area contributed by atoms with Crippen molar-refractivity contribution in [3.8, 4) is 0 Å². The van der Waals surface area contributed by atoms with Crippen LogP contribution in [0.25, 0.3) is 0 Å². The molecule has 0 unspecified atom stereocenters. The van der Waals surface area contributed by atoms with E-state index in [0.29, 0.717) is 17.3 Å². The molecule has 0 aliphatic carbocycles. The highest BCUT2D eigenvalue weighted by atomic mass is 79.9. The van der Waals surface area contributed by atoms with E-state index < -0.39 is 10.0 Å². The number of sulfonamides is 1. The molecule has 0 fully saturated rings. The van der Waals surface area contributed by atoms with E-state index >= 15 is 0 Å². The molecule has 19 heavy (non-hydrogen) atoms. The highest BCUT2D eigenvalue weighted by Gasteiger charge is 2.23. The van der Waals surface area contributed by atoms with E-state index in [-0.39, 0.29) is 0 Å². The maximum Gasteiger partial charge on any atom is 0.243 e. The van der Waals surface area contributed by atoms with E-state index in [9.17, 15) is 8.42 Å². The average molecular weight is 369 g/mol. The van der Waals surface area contributed by atoms with E-state index in [2.05, 4.69) is 15.9 Å². The van der Waals surface area contributed by atoms with Gasteiger partial charge in [0.15, 0.2) is 0 Å². The van der Waals surface area contributed by atoms with Gasteiger partial charge in [0, 0.05) is 23.9 Å².